The Labute approximate surface area is 190 Å². The Bertz CT molecular complexity index is 1060. The van der Waals surface area contributed by atoms with Gasteiger partial charge in [-0.05, 0) is 44.7 Å². The second-order valence-corrected chi connectivity index (χ2v) is 9.10. The van der Waals surface area contributed by atoms with E-state index in [1.807, 2.05) is 13.0 Å². The van der Waals surface area contributed by atoms with Gasteiger partial charge in [-0.15, -0.1) is 0 Å². The van der Waals surface area contributed by atoms with Gasteiger partial charge in [0.25, 0.3) is 11.5 Å². The minimum atomic E-state index is -0.919. The van der Waals surface area contributed by atoms with Gasteiger partial charge in [0.15, 0.2) is 0 Å². The molecule has 0 atom stereocenters. The van der Waals surface area contributed by atoms with Crippen LogP contribution in [0, 0.1) is 18.3 Å². The highest BCUT2D eigenvalue weighted by molar-refractivity contribution is 8.26. The maximum absolute atomic E-state index is 13.0. The number of thiocarbonyl (C=S) groups is 1. The molecule has 3 heterocycles. The van der Waals surface area contributed by atoms with E-state index < -0.39 is 5.97 Å². The lowest BCUT2D eigenvalue weighted by Crippen LogP contribution is -2.33. The topological polar surface area (TPSA) is 107 Å². The Morgan fingerprint density at radius 3 is 2.58 bits per heavy atom. The summed E-state index contributed by atoms with van der Waals surface area (Å²) in [5.41, 5.74) is 0.997. The molecule has 8 nitrogen and oxygen atoms in total. The molecule has 2 aliphatic heterocycles. The second-order valence-electron chi connectivity index (χ2n) is 7.42. The number of anilines is 1. The van der Waals surface area contributed by atoms with E-state index in [2.05, 4.69) is 4.90 Å². The number of aliphatic carboxylic acids is 1. The molecular formula is C21H24N4O4S2. The third-order valence-electron chi connectivity index (χ3n) is 5.49. The van der Waals surface area contributed by atoms with Crippen LogP contribution in [0.5, 0.6) is 0 Å². The van der Waals surface area contributed by atoms with Gasteiger partial charge in [0.2, 0.25) is 0 Å². The number of hydrogen-bond donors (Lipinski definition) is 1. The summed E-state index contributed by atoms with van der Waals surface area (Å²) in [6, 6.07) is 2.02. The van der Waals surface area contributed by atoms with E-state index in [0.717, 1.165) is 43.5 Å². The monoisotopic (exact) mass is 460 g/mol. The highest BCUT2D eigenvalue weighted by Gasteiger charge is 2.33. The van der Waals surface area contributed by atoms with E-state index >= 15 is 0 Å². The van der Waals surface area contributed by atoms with Crippen LogP contribution in [0.1, 0.15) is 49.3 Å². The number of amides is 1. The smallest absolute Gasteiger partial charge is 0.303 e. The molecule has 1 N–H and O–H groups in total. The van der Waals surface area contributed by atoms with Crippen molar-refractivity contribution in [2.75, 3.05) is 24.5 Å². The molecule has 0 saturated carbocycles. The van der Waals surface area contributed by atoms with Crippen LogP contribution in [0.2, 0.25) is 0 Å². The molecule has 2 aliphatic rings. The summed E-state index contributed by atoms with van der Waals surface area (Å²) in [5, 5.41) is 18.4. The van der Waals surface area contributed by atoms with Crippen LogP contribution in [-0.2, 0) is 16.1 Å². The van der Waals surface area contributed by atoms with Crippen molar-refractivity contribution < 1.29 is 14.7 Å². The van der Waals surface area contributed by atoms with Crippen LogP contribution in [0.4, 0.5) is 5.82 Å². The van der Waals surface area contributed by atoms with E-state index in [1.54, 1.807) is 17.6 Å². The molecule has 164 valence electrons. The first-order valence-corrected chi connectivity index (χ1v) is 11.4. The van der Waals surface area contributed by atoms with Gasteiger partial charge in [0, 0.05) is 38.2 Å². The number of thioether (sulfide) groups is 1. The number of nitrogens with zero attached hydrogens (tertiary/aromatic N) is 4. The molecule has 2 saturated heterocycles. The summed E-state index contributed by atoms with van der Waals surface area (Å²) >= 11 is 6.50. The minimum absolute atomic E-state index is 0.0404. The van der Waals surface area contributed by atoms with Crippen molar-refractivity contribution in [1.29, 1.82) is 5.26 Å². The summed E-state index contributed by atoms with van der Waals surface area (Å²) in [6.07, 6.45) is 4.03. The lowest BCUT2D eigenvalue weighted by atomic mass is 10.0. The van der Waals surface area contributed by atoms with E-state index in [-0.39, 0.29) is 30.0 Å². The molecule has 10 heteroatoms. The first-order valence-electron chi connectivity index (χ1n) is 10.2. The summed E-state index contributed by atoms with van der Waals surface area (Å²) < 4.78 is 1.99. The van der Waals surface area contributed by atoms with Gasteiger partial charge < -0.3 is 10.0 Å². The Kier molecular flexibility index (Phi) is 7.18. The lowest BCUT2D eigenvalue weighted by Gasteiger charge is -2.26. The zero-order chi connectivity index (χ0) is 22.7. The Hall–Kier alpha value is -2.64. The number of carboxylic acids is 1. The Morgan fingerprint density at radius 2 is 2.00 bits per heavy atom. The molecule has 1 aromatic rings. The van der Waals surface area contributed by atoms with Crippen molar-refractivity contribution in [3.8, 4) is 6.07 Å². The zero-order valence-corrected chi connectivity index (χ0v) is 19.1. The van der Waals surface area contributed by atoms with Crippen LogP contribution >= 0.6 is 24.0 Å². The van der Waals surface area contributed by atoms with E-state index in [1.165, 1.54) is 4.90 Å². The zero-order valence-electron chi connectivity index (χ0n) is 17.5. The fraction of sp³-hybridized carbons (Fsp3) is 0.476. The second kappa shape index (κ2) is 9.66. The SMILES string of the molecule is CCn1c(N2CCCC2)c(/C=C2\SC(=S)N(CCCC(=O)O)C2=O)c(C)c(C#N)c1=O. The number of rotatable bonds is 7. The van der Waals surface area contributed by atoms with Crippen LogP contribution in [0.15, 0.2) is 9.70 Å². The van der Waals surface area contributed by atoms with Gasteiger partial charge >= 0.3 is 5.97 Å². The van der Waals surface area contributed by atoms with Crippen molar-refractivity contribution >= 4 is 52.1 Å². The van der Waals surface area contributed by atoms with Crippen LogP contribution in [0.3, 0.4) is 0 Å². The van der Waals surface area contributed by atoms with Crippen molar-refractivity contribution in [2.24, 2.45) is 0 Å². The average Bonchev–Trinajstić information content (AvgIpc) is 3.34. The van der Waals surface area contributed by atoms with Crippen molar-refractivity contribution in [3.63, 3.8) is 0 Å². The lowest BCUT2D eigenvalue weighted by molar-refractivity contribution is -0.137. The van der Waals surface area contributed by atoms with Gasteiger partial charge in [-0.3, -0.25) is 23.9 Å². The maximum Gasteiger partial charge on any atom is 0.303 e. The minimum Gasteiger partial charge on any atom is -0.481 e. The molecule has 0 bridgehead atoms. The molecule has 0 aliphatic carbocycles. The largest absolute Gasteiger partial charge is 0.481 e. The molecule has 1 aromatic heterocycles. The van der Waals surface area contributed by atoms with E-state index in [4.69, 9.17) is 17.3 Å². The van der Waals surface area contributed by atoms with Gasteiger partial charge in [-0.1, -0.05) is 24.0 Å². The molecule has 0 aromatic carbocycles. The van der Waals surface area contributed by atoms with Gasteiger partial charge in [-0.2, -0.15) is 5.26 Å². The number of carbonyl (C=O) groups is 2. The molecular weight excluding hydrogens is 436 g/mol. The predicted octanol–water partition coefficient (Wildman–Crippen LogP) is 2.71. The summed E-state index contributed by atoms with van der Waals surface area (Å²) in [7, 11) is 0. The Morgan fingerprint density at radius 1 is 1.32 bits per heavy atom. The number of hydrogen-bond acceptors (Lipinski definition) is 7. The first-order chi connectivity index (χ1) is 14.8. The molecule has 0 unspecified atom stereocenters. The predicted molar refractivity (Wildman–Crippen MR) is 124 cm³/mol. The molecule has 3 rings (SSSR count). The third-order valence-corrected chi connectivity index (χ3v) is 6.87. The number of pyridine rings is 1. The number of nitriles is 1. The third kappa shape index (κ3) is 4.52. The van der Waals surface area contributed by atoms with Crippen LogP contribution < -0.4 is 10.5 Å². The Balaban J connectivity index is 2.08. The van der Waals surface area contributed by atoms with E-state index in [9.17, 15) is 19.6 Å². The molecule has 2 fully saturated rings. The molecule has 31 heavy (non-hydrogen) atoms. The first kappa shape index (κ1) is 23.0. The number of carboxylic acid groups (broad SMARTS) is 1. The van der Waals surface area contributed by atoms with Gasteiger partial charge in [-0.25, -0.2) is 0 Å². The van der Waals surface area contributed by atoms with E-state index in [0.29, 0.717) is 33.3 Å². The van der Waals surface area contributed by atoms with Crippen LogP contribution in [0.25, 0.3) is 6.08 Å². The molecule has 0 radical (unpaired) electrons. The van der Waals surface area contributed by atoms with Crippen molar-refractivity contribution in [2.45, 2.75) is 46.1 Å². The summed E-state index contributed by atoms with van der Waals surface area (Å²) in [6.45, 7) is 5.87. The van der Waals surface area contributed by atoms with Crippen molar-refractivity contribution in [3.05, 3.63) is 31.9 Å². The maximum atomic E-state index is 13.0. The highest BCUT2D eigenvalue weighted by Crippen LogP contribution is 2.36. The normalized spacial score (nSPS) is 17.6. The van der Waals surface area contributed by atoms with Crippen LogP contribution in [-0.4, -0.2) is 50.4 Å². The summed E-state index contributed by atoms with van der Waals surface area (Å²) in [5.74, 6) is -0.463. The quantitative estimate of drug-likeness (QED) is 0.489. The van der Waals surface area contributed by atoms with Gasteiger partial charge in [0.05, 0.1) is 4.91 Å². The average molecular weight is 461 g/mol. The number of carbonyl (C=O) groups excluding carboxylic acids is 1. The molecule has 0 spiro atoms. The van der Waals surface area contributed by atoms with Crippen molar-refractivity contribution in [1.82, 2.24) is 9.47 Å². The fourth-order valence-electron chi connectivity index (χ4n) is 3.92. The standard InChI is InChI=1S/C21H24N4O4S2/c1-3-24-18(23-8-4-5-9-23)14(13(2)15(12-22)19(24)28)11-16-20(29)25(21(30)31-16)10-6-7-17(26)27/h11H,3-10H2,1-2H3,(H,26,27)/b16-11-. The summed E-state index contributed by atoms with van der Waals surface area (Å²) in [4.78, 5) is 40.6. The number of aromatic nitrogens is 1. The molecule has 1 amide bonds. The highest BCUT2D eigenvalue weighted by atomic mass is 32.2. The fourth-order valence-corrected chi connectivity index (χ4v) is 5.21. The van der Waals surface area contributed by atoms with Gasteiger partial charge in [0.1, 0.15) is 21.8 Å².